The van der Waals surface area contributed by atoms with Crippen molar-refractivity contribution in [3.63, 3.8) is 0 Å². The lowest BCUT2D eigenvalue weighted by atomic mass is 9.85. The van der Waals surface area contributed by atoms with Crippen LogP contribution in [0.15, 0.2) is 83.8 Å². The fraction of sp³-hybridized carbons (Fsp3) is 0.154. The molecule has 3 aromatic carbocycles. The van der Waals surface area contributed by atoms with E-state index in [1.54, 1.807) is 54.6 Å². The van der Waals surface area contributed by atoms with Gasteiger partial charge in [0.25, 0.3) is 0 Å². The van der Waals surface area contributed by atoms with E-state index in [1.807, 2.05) is 12.1 Å². The monoisotopic (exact) mass is 433 g/mol. The molecule has 0 bridgehead atoms. The fourth-order valence-corrected chi connectivity index (χ4v) is 4.11. The molecule has 1 heterocycles. The molecule has 32 heavy (non-hydrogen) atoms. The molecule has 162 valence electrons. The molecule has 2 unspecified atom stereocenters. The third kappa shape index (κ3) is 3.91. The topological polar surface area (TPSA) is 70.2 Å². The fourth-order valence-electron chi connectivity index (χ4n) is 4.11. The van der Waals surface area contributed by atoms with E-state index in [0.29, 0.717) is 27.8 Å². The van der Waals surface area contributed by atoms with Gasteiger partial charge in [-0.25, -0.2) is 4.79 Å². The van der Waals surface area contributed by atoms with Crippen LogP contribution in [0.4, 0.5) is 8.78 Å². The van der Waals surface area contributed by atoms with Gasteiger partial charge in [-0.05, 0) is 28.3 Å². The van der Waals surface area contributed by atoms with Crippen molar-refractivity contribution >= 4 is 16.9 Å². The van der Waals surface area contributed by atoms with Crippen LogP contribution in [-0.2, 0) is 0 Å². The molecule has 0 saturated heterocycles. The summed E-state index contributed by atoms with van der Waals surface area (Å²) in [5.74, 6) is -2.75. The number of carboxylic acid groups (broad SMARTS) is 1. The molecule has 0 amide bonds. The van der Waals surface area contributed by atoms with Crippen molar-refractivity contribution < 1.29 is 18.7 Å². The first-order chi connectivity index (χ1) is 15.5. The van der Waals surface area contributed by atoms with Crippen LogP contribution in [0.5, 0.6) is 0 Å². The summed E-state index contributed by atoms with van der Waals surface area (Å²) in [4.78, 5) is 27.4. The number of halogens is 2. The third-order valence-electron chi connectivity index (χ3n) is 5.76. The number of hydrogen-bond acceptors (Lipinski definition) is 2. The van der Waals surface area contributed by atoms with Gasteiger partial charge < -0.3 is 10.1 Å². The van der Waals surface area contributed by atoms with Gasteiger partial charge in [0.2, 0.25) is 5.43 Å². The molecule has 4 rings (SSSR count). The predicted molar refractivity (Wildman–Crippen MR) is 120 cm³/mol. The molecule has 2 atom stereocenters. The molecule has 0 aliphatic heterocycles. The average molecular weight is 433 g/mol. The molecular weight excluding hydrogens is 412 g/mol. The lowest BCUT2D eigenvalue weighted by Gasteiger charge is -2.21. The largest absolute Gasteiger partial charge is 0.477 e. The number of pyridine rings is 1. The van der Waals surface area contributed by atoms with E-state index < -0.39 is 42.1 Å². The number of alkyl halides is 2. The number of aromatic nitrogens is 1. The van der Waals surface area contributed by atoms with Crippen LogP contribution in [-0.4, -0.2) is 29.4 Å². The molecule has 1 aromatic heterocycles. The second-order valence-electron chi connectivity index (χ2n) is 7.60. The number of hydrogen-bond donors (Lipinski definition) is 2. The van der Waals surface area contributed by atoms with E-state index in [0.717, 1.165) is 6.20 Å². The van der Waals surface area contributed by atoms with Crippen LogP contribution >= 0.6 is 0 Å². The minimum absolute atomic E-state index is 0.0983. The van der Waals surface area contributed by atoms with Gasteiger partial charge in [-0.3, -0.25) is 13.6 Å². The van der Waals surface area contributed by atoms with Gasteiger partial charge in [-0.1, -0.05) is 66.7 Å². The number of rotatable bonds is 7. The summed E-state index contributed by atoms with van der Waals surface area (Å²) >= 11 is 0. The zero-order chi connectivity index (χ0) is 22.7. The first-order valence-corrected chi connectivity index (χ1v) is 10.2. The summed E-state index contributed by atoms with van der Waals surface area (Å²) < 4.78 is 28.6. The summed E-state index contributed by atoms with van der Waals surface area (Å²) in [7, 11) is 0. The molecule has 6 heteroatoms. The highest BCUT2D eigenvalue weighted by Gasteiger charge is 2.24. The van der Waals surface area contributed by atoms with Gasteiger partial charge in [-0.15, -0.1) is 0 Å². The van der Waals surface area contributed by atoms with E-state index in [-0.39, 0.29) is 5.39 Å². The maximum absolute atomic E-state index is 14.3. The van der Waals surface area contributed by atoms with Crippen molar-refractivity contribution in [3.05, 3.63) is 117 Å². The number of benzene rings is 3. The zero-order valence-electron chi connectivity index (χ0n) is 17.1. The first-order valence-electron chi connectivity index (χ1n) is 10.2. The van der Waals surface area contributed by atoms with E-state index in [2.05, 4.69) is 4.98 Å². The summed E-state index contributed by atoms with van der Waals surface area (Å²) in [6.45, 7) is -1.46. The molecule has 4 nitrogen and oxygen atoms in total. The third-order valence-corrected chi connectivity index (χ3v) is 5.76. The lowest BCUT2D eigenvalue weighted by Crippen LogP contribution is -2.18. The zero-order valence-corrected chi connectivity index (χ0v) is 17.1. The Labute approximate surface area is 183 Å². The second kappa shape index (κ2) is 9.14. The maximum atomic E-state index is 14.3. The Morgan fingerprint density at radius 1 is 0.844 bits per heavy atom. The molecule has 0 fully saturated rings. The number of nitrogens with one attached hydrogen (secondary N) is 1. The van der Waals surface area contributed by atoms with Crippen molar-refractivity contribution in [2.45, 2.75) is 11.8 Å². The molecule has 2 N–H and O–H groups in total. The van der Waals surface area contributed by atoms with E-state index in [9.17, 15) is 23.5 Å². The Kier molecular flexibility index (Phi) is 6.12. The molecule has 0 aliphatic rings. The Hall–Kier alpha value is -3.80. The van der Waals surface area contributed by atoms with Crippen LogP contribution in [0.25, 0.3) is 10.9 Å². The summed E-state index contributed by atoms with van der Waals surface area (Å²) in [6, 6.07) is 21.2. The van der Waals surface area contributed by atoms with Crippen molar-refractivity contribution in [1.29, 1.82) is 0 Å². The summed E-state index contributed by atoms with van der Waals surface area (Å²) in [6.07, 6.45) is 1.13. The standard InChI is InChI=1S/C26H21F2NO3/c27-13-21(16-7-3-1-4-8-16)18-11-19(22(14-28)17-9-5-2-6-10-17)24-20(12-18)25(30)23(15-29-24)26(31)32/h1-12,15,21-22H,13-14H2,(H,29,30)(H,31,32). The molecular formula is C26H21F2NO3. The summed E-state index contributed by atoms with van der Waals surface area (Å²) in [5.41, 5.74) is 1.62. The smallest absolute Gasteiger partial charge is 0.341 e. The SMILES string of the molecule is O=C(O)c1c[nH]c2c(C(CF)c3ccccc3)cc(C(CF)c3ccccc3)cc2c1=O. The van der Waals surface area contributed by atoms with Crippen LogP contribution in [0.3, 0.4) is 0 Å². The van der Waals surface area contributed by atoms with Crippen molar-refractivity contribution in [2.24, 2.45) is 0 Å². The molecule has 0 saturated carbocycles. The Bertz CT molecular complexity index is 1300. The normalized spacial score (nSPS) is 13.1. The minimum Gasteiger partial charge on any atom is -0.477 e. The Morgan fingerprint density at radius 3 is 1.94 bits per heavy atom. The van der Waals surface area contributed by atoms with Crippen LogP contribution in [0.1, 0.15) is 44.4 Å². The van der Waals surface area contributed by atoms with Gasteiger partial charge in [0.15, 0.2) is 0 Å². The van der Waals surface area contributed by atoms with Gasteiger partial charge in [0.1, 0.15) is 18.9 Å². The summed E-state index contributed by atoms with van der Waals surface area (Å²) in [5, 5.41) is 9.49. The number of carbonyl (C=O) groups is 1. The van der Waals surface area contributed by atoms with Gasteiger partial charge in [0, 0.05) is 23.4 Å². The minimum atomic E-state index is -1.37. The lowest BCUT2D eigenvalue weighted by molar-refractivity contribution is 0.0695. The van der Waals surface area contributed by atoms with Crippen molar-refractivity contribution in [1.82, 2.24) is 4.98 Å². The van der Waals surface area contributed by atoms with E-state index >= 15 is 0 Å². The van der Waals surface area contributed by atoms with Crippen LogP contribution < -0.4 is 5.43 Å². The highest BCUT2D eigenvalue weighted by Crippen LogP contribution is 2.35. The maximum Gasteiger partial charge on any atom is 0.341 e. The van der Waals surface area contributed by atoms with Gasteiger partial charge in [0.05, 0.1) is 5.52 Å². The molecule has 0 radical (unpaired) electrons. The highest BCUT2D eigenvalue weighted by molar-refractivity contribution is 5.93. The van der Waals surface area contributed by atoms with Crippen LogP contribution in [0.2, 0.25) is 0 Å². The number of H-pyrrole nitrogens is 1. The number of aromatic amines is 1. The Morgan fingerprint density at radius 2 is 1.41 bits per heavy atom. The predicted octanol–water partition coefficient (Wildman–Crippen LogP) is 5.43. The van der Waals surface area contributed by atoms with Gasteiger partial charge >= 0.3 is 5.97 Å². The molecule has 4 aromatic rings. The van der Waals surface area contributed by atoms with Crippen molar-refractivity contribution in [2.75, 3.05) is 13.3 Å². The average Bonchev–Trinajstić information content (AvgIpc) is 2.82. The van der Waals surface area contributed by atoms with Gasteiger partial charge in [-0.2, -0.15) is 0 Å². The second-order valence-corrected chi connectivity index (χ2v) is 7.60. The number of carboxylic acids is 1. The van der Waals surface area contributed by atoms with Crippen LogP contribution in [0, 0.1) is 0 Å². The Balaban J connectivity index is 2.02. The van der Waals surface area contributed by atoms with E-state index in [4.69, 9.17) is 0 Å². The molecule has 0 aliphatic carbocycles. The van der Waals surface area contributed by atoms with E-state index in [1.165, 1.54) is 6.07 Å². The quantitative estimate of drug-likeness (QED) is 0.408. The first kappa shape index (κ1) is 21.4. The number of fused-ring (bicyclic) bond motifs is 1. The number of aromatic carboxylic acids is 1. The van der Waals surface area contributed by atoms with Crippen molar-refractivity contribution in [3.8, 4) is 0 Å². The molecule has 0 spiro atoms. The highest BCUT2D eigenvalue weighted by atomic mass is 19.1.